The normalized spacial score (nSPS) is 9.92. The summed E-state index contributed by atoms with van der Waals surface area (Å²) >= 11 is 10.8. The SMILES string of the molecule is COc1ccc([N+](=O)[O-])cc1NC(=S)NC(=O)c1ccc(Cl)cc1. The number of non-ortho nitro benzene ring substituents is 1. The first kappa shape index (κ1) is 17.6. The molecule has 124 valence electrons. The average molecular weight is 366 g/mol. The summed E-state index contributed by atoms with van der Waals surface area (Å²) in [6.45, 7) is 0. The summed E-state index contributed by atoms with van der Waals surface area (Å²) in [6, 6.07) is 10.3. The molecule has 0 aliphatic carbocycles. The van der Waals surface area contributed by atoms with Crippen LogP contribution in [0.2, 0.25) is 5.02 Å². The molecular formula is C15H12ClN3O4S. The molecule has 0 atom stereocenters. The monoisotopic (exact) mass is 365 g/mol. The van der Waals surface area contributed by atoms with Crippen LogP contribution in [-0.2, 0) is 0 Å². The molecule has 0 heterocycles. The van der Waals surface area contributed by atoms with E-state index in [0.29, 0.717) is 16.3 Å². The van der Waals surface area contributed by atoms with Crippen LogP contribution in [0.15, 0.2) is 42.5 Å². The van der Waals surface area contributed by atoms with Crippen molar-refractivity contribution >= 4 is 46.2 Å². The van der Waals surface area contributed by atoms with Crippen molar-refractivity contribution in [2.75, 3.05) is 12.4 Å². The van der Waals surface area contributed by atoms with E-state index in [1.165, 1.54) is 25.3 Å². The molecule has 7 nitrogen and oxygen atoms in total. The summed E-state index contributed by atoms with van der Waals surface area (Å²) in [5.41, 5.74) is 0.507. The summed E-state index contributed by atoms with van der Waals surface area (Å²) in [4.78, 5) is 22.4. The molecule has 9 heteroatoms. The van der Waals surface area contributed by atoms with E-state index < -0.39 is 10.8 Å². The number of hydrogen-bond acceptors (Lipinski definition) is 5. The Kier molecular flexibility index (Phi) is 5.67. The number of thiocarbonyl (C=S) groups is 1. The van der Waals surface area contributed by atoms with Gasteiger partial charge in [-0.1, -0.05) is 11.6 Å². The number of hydrogen-bond donors (Lipinski definition) is 2. The lowest BCUT2D eigenvalue weighted by atomic mass is 10.2. The number of benzene rings is 2. The van der Waals surface area contributed by atoms with Gasteiger partial charge in [0, 0.05) is 22.7 Å². The molecule has 1 amide bonds. The van der Waals surface area contributed by atoms with Crippen molar-refractivity contribution < 1.29 is 14.5 Å². The number of methoxy groups -OCH3 is 1. The van der Waals surface area contributed by atoms with E-state index in [4.69, 9.17) is 28.6 Å². The lowest BCUT2D eigenvalue weighted by molar-refractivity contribution is -0.384. The third-order valence-corrected chi connectivity index (χ3v) is 3.43. The molecular weight excluding hydrogens is 354 g/mol. The maximum atomic E-state index is 12.1. The van der Waals surface area contributed by atoms with Crippen molar-refractivity contribution in [1.29, 1.82) is 0 Å². The van der Waals surface area contributed by atoms with Gasteiger partial charge in [0.15, 0.2) is 5.11 Å². The Labute approximate surface area is 147 Å². The number of nitrogens with one attached hydrogen (secondary N) is 2. The highest BCUT2D eigenvalue weighted by molar-refractivity contribution is 7.80. The molecule has 0 aliphatic rings. The molecule has 2 aromatic carbocycles. The van der Waals surface area contributed by atoms with Crippen LogP contribution in [0.3, 0.4) is 0 Å². The zero-order chi connectivity index (χ0) is 17.7. The number of carbonyl (C=O) groups is 1. The van der Waals surface area contributed by atoms with Gasteiger partial charge in [0.25, 0.3) is 11.6 Å². The first-order valence-electron chi connectivity index (χ1n) is 6.61. The standard InChI is InChI=1S/C15H12ClN3O4S/c1-23-13-7-6-11(19(21)22)8-12(13)17-15(24)18-14(20)9-2-4-10(16)5-3-9/h2-8H,1H3,(H2,17,18,20,24). The van der Waals surface area contributed by atoms with Crippen molar-refractivity contribution in [1.82, 2.24) is 5.32 Å². The molecule has 0 saturated heterocycles. The predicted molar refractivity (Wildman–Crippen MR) is 94.8 cm³/mol. The molecule has 2 N–H and O–H groups in total. The summed E-state index contributed by atoms with van der Waals surface area (Å²) in [6.07, 6.45) is 0. The number of nitro benzene ring substituents is 1. The van der Waals surface area contributed by atoms with Crippen LogP contribution < -0.4 is 15.4 Å². The van der Waals surface area contributed by atoms with Gasteiger partial charge in [0.1, 0.15) is 5.75 Å². The number of halogens is 1. The second-order valence-corrected chi connectivity index (χ2v) is 5.40. The topological polar surface area (TPSA) is 93.5 Å². The summed E-state index contributed by atoms with van der Waals surface area (Å²) in [7, 11) is 1.42. The Bertz CT molecular complexity index is 796. The maximum absolute atomic E-state index is 12.1. The molecule has 0 spiro atoms. The van der Waals surface area contributed by atoms with Gasteiger partial charge in [0.2, 0.25) is 0 Å². The number of carbonyl (C=O) groups excluding carboxylic acids is 1. The van der Waals surface area contributed by atoms with Gasteiger partial charge in [-0.2, -0.15) is 0 Å². The Balaban J connectivity index is 2.11. The highest BCUT2D eigenvalue weighted by Gasteiger charge is 2.14. The van der Waals surface area contributed by atoms with E-state index >= 15 is 0 Å². The van der Waals surface area contributed by atoms with Crippen LogP contribution >= 0.6 is 23.8 Å². The molecule has 0 bridgehead atoms. The number of nitrogens with zero attached hydrogens (tertiary/aromatic N) is 1. The van der Waals surface area contributed by atoms with Gasteiger partial charge in [-0.3, -0.25) is 20.2 Å². The fourth-order valence-electron chi connectivity index (χ4n) is 1.84. The molecule has 2 aromatic rings. The minimum Gasteiger partial charge on any atom is -0.495 e. The Morgan fingerprint density at radius 3 is 2.50 bits per heavy atom. The summed E-state index contributed by atoms with van der Waals surface area (Å²) in [5, 5.41) is 16.5. The van der Waals surface area contributed by atoms with Crippen molar-refractivity contribution in [2.45, 2.75) is 0 Å². The van der Waals surface area contributed by atoms with Crippen LogP contribution in [0, 0.1) is 10.1 Å². The Morgan fingerprint density at radius 2 is 1.92 bits per heavy atom. The second kappa shape index (κ2) is 7.71. The number of nitro groups is 1. The fraction of sp³-hybridized carbons (Fsp3) is 0.0667. The average Bonchev–Trinajstić information content (AvgIpc) is 2.55. The zero-order valence-corrected chi connectivity index (χ0v) is 14.0. The number of rotatable bonds is 4. The third kappa shape index (κ3) is 4.40. The van der Waals surface area contributed by atoms with E-state index in [2.05, 4.69) is 10.6 Å². The first-order valence-corrected chi connectivity index (χ1v) is 7.39. The maximum Gasteiger partial charge on any atom is 0.271 e. The highest BCUT2D eigenvalue weighted by atomic mass is 35.5. The van der Waals surface area contributed by atoms with Crippen molar-refractivity contribution in [3.8, 4) is 5.75 Å². The quantitative estimate of drug-likeness (QED) is 0.490. The van der Waals surface area contributed by atoms with Gasteiger partial charge in [-0.25, -0.2) is 0 Å². The third-order valence-electron chi connectivity index (χ3n) is 2.98. The van der Waals surface area contributed by atoms with E-state index in [-0.39, 0.29) is 16.5 Å². The molecule has 0 radical (unpaired) electrons. The van der Waals surface area contributed by atoms with Gasteiger partial charge < -0.3 is 10.1 Å². The van der Waals surface area contributed by atoms with Gasteiger partial charge in [0.05, 0.1) is 17.7 Å². The zero-order valence-electron chi connectivity index (χ0n) is 12.4. The van der Waals surface area contributed by atoms with Crippen molar-refractivity contribution in [2.24, 2.45) is 0 Å². The second-order valence-electron chi connectivity index (χ2n) is 4.56. The van der Waals surface area contributed by atoms with E-state index in [1.54, 1.807) is 24.3 Å². The highest BCUT2D eigenvalue weighted by Crippen LogP contribution is 2.28. The van der Waals surface area contributed by atoms with E-state index in [9.17, 15) is 14.9 Å². The van der Waals surface area contributed by atoms with Gasteiger partial charge >= 0.3 is 0 Å². The molecule has 24 heavy (non-hydrogen) atoms. The van der Waals surface area contributed by atoms with E-state index in [0.717, 1.165) is 0 Å². The van der Waals surface area contributed by atoms with Crippen LogP contribution in [0.5, 0.6) is 5.75 Å². The molecule has 0 aromatic heterocycles. The Hall–Kier alpha value is -2.71. The van der Waals surface area contributed by atoms with E-state index in [1.807, 2.05) is 0 Å². The van der Waals surface area contributed by atoms with Crippen molar-refractivity contribution in [3.63, 3.8) is 0 Å². The van der Waals surface area contributed by atoms with Crippen LogP contribution in [0.1, 0.15) is 10.4 Å². The van der Waals surface area contributed by atoms with Gasteiger partial charge in [-0.05, 0) is 42.5 Å². The number of amides is 1. The lowest BCUT2D eigenvalue weighted by Gasteiger charge is -2.12. The predicted octanol–water partition coefficient (Wildman–Crippen LogP) is 3.38. The smallest absolute Gasteiger partial charge is 0.271 e. The lowest BCUT2D eigenvalue weighted by Crippen LogP contribution is -2.34. The molecule has 0 aliphatic heterocycles. The van der Waals surface area contributed by atoms with Crippen LogP contribution in [0.4, 0.5) is 11.4 Å². The fourth-order valence-corrected chi connectivity index (χ4v) is 2.17. The van der Waals surface area contributed by atoms with Crippen LogP contribution in [0.25, 0.3) is 0 Å². The summed E-state index contributed by atoms with van der Waals surface area (Å²) < 4.78 is 5.11. The van der Waals surface area contributed by atoms with Crippen molar-refractivity contribution in [3.05, 3.63) is 63.2 Å². The molecule has 0 fully saturated rings. The Morgan fingerprint density at radius 1 is 1.25 bits per heavy atom. The summed E-state index contributed by atoms with van der Waals surface area (Å²) in [5.74, 6) is -0.0859. The molecule has 2 rings (SSSR count). The minimum atomic E-state index is -0.542. The number of ether oxygens (including phenoxy) is 1. The molecule has 0 unspecified atom stereocenters. The first-order chi connectivity index (χ1) is 11.4. The van der Waals surface area contributed by atoms with Crippen LogP contribution in [-0.4, -0.2) is 23.1 Å². The molecule has 0 saturated carbocycles. The largest absolute Gasteiger partial charge is 0.495 e. The minimum absolute atomic E-state index is 0.0197. The van der Waals surface area contributed by atoms with Gasteiger partial charge in [-0.15, -0.1) is 0 Å². The number of anilines is 1.